The summed E-state index contributed by atoms with van der Waals surface area (Å²) in [5.74, 6) is 2.36. The first-order valence-corrected chi connectivity index (χ1v) is 10.8. The van der Waals surface area contributed by atoms with Crippen molar-refractivity contribution in [1.29, 1.82) is 0 Å². The third kappa shape index (κ3) is 5.46. The van der Waals surface area contributed by atoms with Gasteiger partial charge in [-0.2, -0.15) is 0 Å². The quantitative estimate of drug-likeness (QED) is 0.425. The molecule has 1 unspecified atom stereocenters. The van der Waals surface area contributed by atoms with Gasteiger partial charge in [-0.15, -0.1) is 6.58 Å². The smallest absolute Gasteiger partial charge is 0.142 e. The lowest BCUT2D eigenvalue weighted by Crippen LogP contribution is -2.23. The summed E-state index contributed by atoms with van der Waals surface area (Å²) in [7, 11) is 0. The molecule has 142 valence electrons. The van der Waals surface area contributed by atoms with Crippen molar-refractivity contribution in [1.82, 2.24) is 0 Å². The van der Waals surface area contributed by atoms with E-state index in [1.54, 1.807) is 17.7 Å². The van der Waals surface area contributed by atoms with E-state index in [0.717, 1.165) is 36.2 Å². The van der Waals surface area contributed by atoms with Gasteiger partial charge < -0.3 is 0 Å². The molecule has 0 heterocycles. The van der Waals surface area contributed by atoms with Crippen molar-refractivity contribution in [2.45, 2.75) is 70.6 Å². The predicted molar refractivity (Wildman–Crippen MR) is 110 cm³/mol. The Labute approximate surface area is 163 Å². The molecule has 1 fully saturated rings. The fraction of sp³-hybridized carbons (Fsp3) is 0.583. The van der Waals surface area contributed by atoms with E-state index in [1.165, 1.54) is 57.8 Å². The summed E-state index contributed by atoms with van der Waals surface area (Å²) in [5, 5.41) is 0.225. The lowest BCUT2D eigenvalue weighted by atomic mass is 9.70. The molecule has 0 aliphatic heterocycles. The molecule has 1 aromatic rings. The molecule has 0 N–H and O–H groups in total. The van der Waals surface area contributed by atoms with Crippen molar-refractivity contribution >= 4 is 11.6 Å². The number of allylic oxidation sites excluding steroid dienone is 3. The zero-order chi connectivity index (χ0) is 18.4. The molecule has 0 nitrogen and oxygen atoms in total. The van der Waals surface area contributed by atoms with Crippen LogP contribution in [0, 0.1) is 23.6 Å². The highest BCUT2D eigenvalue weighted by atomic mass is 35.5. The third-order valence-electron chi connectivity index (χ3n) is 6.60. The van der Waals surface area contributed by atoms with Gasteiger partial charge in [0.2, 0.25) is 0 Å². The zero-order valence-corrected chi connectivity index (χ0v) is 16.6. The van der Waals surface area contributed by atoms with Gasteiger partial charge in [0.05, 0.1) is 5.02 Å². The van der Waals surface area contributed by atoms with Gasteiger partial charge in [-0.25, -0.2) is 4.39 Å². The summed E-state index contributed by atoms with van der Waals surface area (Å²) >= 11 is 5.77. The van der Waals surface area contributed by atoms with Crippen LogP contribution in [0.3, 0.4) is 0 Å². The standard InChI is InChI=1S/C24H32ClF/c1-2-3-4-18-7-12-21(13-8-18)22-14-9-19(10-15-22)5-6-20-11-16-23(25)24(26)17-20/h2,7,11,16-17,19,21-22H,1,3-6,8-10,12-15H2. The van der Waals surface area contributed by atoms with Crippen LogP contribution in [0.25, 0.3) is 0 Å². The molecule has 1 saturated carbocycles. The van der Waals surface area contributed by atoms with Crippen LogP contribution >= 0.6 is 11.6 Å². The normalized spacial score (nSPS) is 26.4. The largest absolute Gasteiger partial charge is 0.205 e. The van der Waals surface area contributed by atoms with Gasteiger partial charge in [0.25, 0.3) is 0 Å². The van der Waals surface area contributed by atoms with Gasteiger partial charge >= 0.3 is 0 Å². The summed E-state index contributed by atoms with van der Waals surface area (Å²) in [5.41, 5.74) is 2.74. The van der Waals surface area contributed by atoms with E-state index in [4.69, 9.17) is 11.6 Å². The molecule has 0 bridgehead atoms. The summed E-state index contributed by atoms with van der Waals surface area (Å²) in [4.78, 5) is 0. The minimum atomic E-state index is -0.286. The monoisotopic (exact) mass is 374 g/mol. The van der Waals surface area contributed by atoms with Crippen molar-refractivity contribution in [3.8, 4) is 0 Å². The molecule has 26 heavy (non-hydrogen) atoms. The third-order valence-corrected chi connectivity index (χ3v) is 6.90. The van der Waals surface area contributed by atoms with Gasteiger partial charge in [-0.05, 0) is 93.2 Å². The van der Waals surface area contributed by atoms with E-state index in [-0.39, 0.29) is 10.8 Å². The number of hydrogen-bond acceptors (Lipinski definition) is 0. The summed E-state index contributed by atoms with van der Waals surface area (Å²) < 4.78 is 13.6. The van der Waals surface area contributed by atoms with Crippen LogP contribution in [-0.4, -0.2) is 0 Å². The van der Waals surface area contributed by atoms with Gasteiger partial charge in [0, 0.05) is 0 Å². The SMILES string of the molecule is C=CCCC1=CCC(C2CCC(CCc3ccc(Cl)c(F)c3)CC2)CC1. The Morgan fingerprint density at radius 3 is 2.54 bits per heavy atom. The molecule has 1 atom stereocenters. The molecule has 0 radical (unpaired) electrons. The Bertz CT molecular complexity index is 625. The molecule has 3 rings (SSSR count). The molecule has 0 amide bonds. The maximum absolute atomic E-state index is 13.6. The summed E-state index contributed by atoms with van der Waals surface area (Å²) in [6.07, 6.45) is 18.5. The second-order valence-corrected chi connectivity index (χ2v) is 8.70. The maximum Gasteiger partial charge on any atom is 0.142 e. The van der Waals surface area contributed by atoms with Crippen molar-refractivity contribution in [2.75, 3.05) is 0 Å². The molecule has 2 heteroatoms. The molecular weight excluding hydrogens is 343 g/mol. The molecule has 0 saturated heterocycles. The van der Waals surface area contributed by atoms with Crippen LogP contribution in [0.2, 0.25) is 5.02 Å². The Morgan fingerprint density at radius 2 is 1.88 bits per heavy atom. The summed E-state index contributed by atoms with van der Waals surface area (Å²) in [6.45, 7) is 3.83. The van der Waals surface area contributed by atoms with E-state index in [9.17, 15) is 4.39 Å². The first kappa shape index (κ1) is 19.7. The molecule has 2 aliphatic carbocycles. The Morgan fingerprint density at radius 1 is 1.08 bits per heavy atom. The molecule has 0 aromatic heterocycles. The van der Waals surface area contributed by atoms with Crippen molar-refractivity contribution in [3.05, 3.63) is 58.9 Å². The molecule has 0 spiro atoms. The van der Waals surface area contributed by atoms with E-state index >= 15 is 0 Å². The first-order chi connectivity index (χ1) is 12.7. The van der Waals surface area contributed by atoms with E-state index in [1.807, 2.05) is 12.1 Å². The Hall–Kier alpha value is -1.08. The maximum atomic E-state index is 13.6. The Kier molecular flexibility index (Phi) is 7.37. The van der Waals surface area contributed by atoms with Gasteiger partial charge in [-0.1, -0.05) is 48.2 Å². The second-order valence-electron chi connectivity index (χ2n) is 8.29. The van der Waals surface area contributed by atoms with E-state index < -0.39 is 0 Å². The highest BCUT2D eigenvalue weighted by Crippen LogP contribution is 2.41. The van der Waals surface area contributed by atoms with Crippen LogP contribution in [0.4, 0.5) is 4.39 Å². The average molecular weight is 375 g/mol. The van der Waals surface area contributed by atoms with Crippen molar-refractivity contribution in [2.24, 2.45) is 17.8 Å². The predicted octanol–water partition coefficient (Wildman–Crippen LogP) is 7.91. The van der Waals surface area contributed by atoms with Crippen LogP contribution < -0.4 is 0 Å². The number of rotatable bonds is 7. The topological polar surface area (TPSA) is 0 Å². The van der Waals surface area contributed by atoms with Crippen molar-refractivity contribution in [3.63, 3.8) is 0 Å². The van der Waals surface area contributed by atoms with Crippen LogP contribution in [0.15, 0.2) is 42.5 Å². The highest BCUT2D eigenvalue weighted by Gasteiger charge is 2.28. The van der Waals surface area contributed by atoms with Gasteiger partial charge in [0.1, 0.15) is 5.82 Å². The van der Waals surface area contributed by atoms with Gasteiger partial charge in [-0.3, -0.25) is 0 Å². The lowest BCUT2D eigenvalue weighted by Gasteiger charge is -2.35. The fourth-order valence-corrected chi connectivity index (χ4v) is 4.98. The number of aryl methyl sites for hydroxylation is 1. The number of hydrogen-bond donors (Lipinski definition) is 0. The molecule has 1 aromatic carbocycles. The summed E-state index contributed by atoms with van der Waals surface area (Å²) in [6, 6.07) is 5.25. The first-order valence-electron chi connectivity index (χ1n) is 10.4. The molecule has 2 aliphatic rings. The fourth-order valence-electron chi connectivity index (χ4n) is 4.87. The number of halogens is 2. The average Bonchev–Trinajstić information content (AvgIpc) is 2.68. The van der Waals surface area contributed by atoms with Gasteiger partial charge in [0.15, 0.2) is 0 Å². The highest BCUT2D eigenvalue weighted by molar-refractivity contribution is 6.30. The number of benzene rings is 1. The second kappa shape index (κ2) is 9.74. The zero-order valence-electron chi connectivity index (χ0n) is 15.9. The minimum Gasteiger partial charge on any atom is -0.205 e. The lowest BCUT2D eigenvalue weighted by molar-refractivity contribution is 0.187. The minimum absolute atomic E-state index is 0.225. The van der Waals surface area contributed by atoms with Crippen LogP contribution in [0.5, 0.6) is 0 Å². The van der Waals surface area contributed by atoms with E-state index in [0.29, 0.717) is 0 Å². The van der Waals surface area contributed by atoms with Crippen LogP contribution in [-0.2, 0) is 6.42 Å². The van der Waals surface area contributed by atoms with Crippen molar-refractivity contribution < 1.29 is 4.39 Å². The van der Waals surface area contributed by atoms with Crippen LogP contribution in [0.1, 0.15) is 69.8 Å². The molecular formula is C24H32ClF. The van der Waals surface area contributed by atoms with E-state index in [2.05, 4.69) is 12.7 Å². The Balaban J connectivity index is 1.39.